The highest BCUT2D eigenvalue weighted by Gasteiger charge is 2.60. The molecular weight excluding hydrogens is 400 g/mol. The predicted molar refractivity (Wildman–Crippen MR) is 118 cm³/mol. The summed E-state index contributed by atoms with van der Waals surface area (Å²) in [5.41, 5.74) is 4.25. The number of aryl methyl sites for hydroxylation is 2. The maximum atomic E-state index is 13.1. The molecule has 0 aromatic heterocycles. The zero-order valence-electron chi connectivity index (χ0n) is 16.7. The van der Waals surface area contributed by atoms with Crippen LogP contribution in [0.4, 0.5) is 11.4 Å². The second-order valence-corrected chi connectivity index (χ2v) is 8.28. The Bertz CT molecular complexity index is 1080. The van der Waals surface area contributed by atoms with Crippen molar-refractivity contribution >= 4 is 28.9 Å². The third-order valence-electron chi connectivity index (χ3n) is 5.82. The molecule has 1 aliphatic carbocycles. The molecule has 5 nitrogen and oxygen atoms in total. The van der Waals surface area contributed by atoms with Crippen molar-refractivity contribution in [2.75, 3.05) is 5.32 Å². The molecule has 1 atom stereocenters. The maximum Gasteiger partial charge on any atom is 0.289 e. The Morgan fingerprint density at radius 2 is 1.53 bits per heavy atom. The molecule has 152 valence electrons. The summed E-state index contributed by atoms with van der Waals surface area (Å²) in [6, 6.07) is 20.8. The van der Waals surface area contributed by atoms with Crippen LogP contribution in [0.25, 0.3) is 0 Å². The van der Waals surface area contributed by atoms with Crippen molar-refractivity contribution < 1.29 is 9.72 Å². The first-order valence-electron chi connectivity index (χ1n) is 9.70. The number of nitro benzene ring substituents is 1. The molecular formula is C24H21ClN2O3. The molecule has 1 unspecified atom stereocenters. The summed E-state index contributed by atoms with van der Waals surface area (Å²) >= 11 is 5.88. The molecule has 0 spiro atoms. The van der Waals surface area contributed by atoms with Crippen molar-refractivity contribution in [1.29, 1.82) is 0 Å². The molecule has 3 aromatic carbocycles. The van der Waals surface area contributed by atoms with Crippen LogP contribution in [0.5, 0.6) is 0 Å². The number of hydrogen-bond acceptors (Lipinski definition) is 3. The molecule has 1 amide bonds. The highest BCUT2D eigenvalue weighted by Crippen LogP contribution is 2.59. The van der Waals surface area contributed by atoms with Gasteiger partial charge in [-0.25, -0.2) is 0 Å². The van der Waals surface area contributed by atoms with Crippen LogP contribution in [0, 0.1) is 29.9 Å². The van der Waals surface area contributed by atoms with E-state index in [1.165, 1.54) is 12.1 Å². The van der Waals surface area contributed by atoms with Crippen LogP contribution in [-0.2, 0) is 10.2 Å². The minimum absolute atomic E-state index is 0.0399. The van der Waals surface area contributed by atoms with E-state index in [9.17, 15) is 14.9 Å². The third-order valence-corrected chi connectivity index (χ3v) is 6.14. The van der Waals surface area contributed by atoms with Crippen molar-refractivity contribution in [2.24, 2.45) is 5.92 Å². The Morgan fingerprint density at radius 3 is 2.03 bits per heavy atom. The Morgan fingerprint density at radius 1 is 1.00 bits per heavy atom. The van der Waals surface area contributed by atoms with E-state index in [1.807, 2.05) is 13.8 Å². The number of nitrogens with zero attached hydrogens (tertiary/aromatic N) is 1. The summed E-state index contributed by atoms with van der Waals surface area (Å²) in [5, 5.41) is 14.0. The number of nitrogens with one attached hydrogen (secondary N) is 1. The van der Waals surface area contributed by atoms with Crippen molar-refractivity contribution in [3.63, 3.8) is 0 Å². The highest BCUT2D eigenvalue weighted by molar-refractivity contribution is 6.32. The lowest BCUT2D eigenvalue weighted by atomic mass is 9.85. The standard InChI is InChI=1S/C24H21ClN2O3/c1-15-3-7-17(8-4-15)24(18-9-5-16(2)6-10-18)14-20(24)23(28)26-19-11-12-21(25)22(13-19)27(29)30/h3-13,20H,14H2,1-2H3,(H,26,28). The number of carbonyl (C=O) groups is 1. The van der Waals surface area contributed by atoms with E-state index in [2.05, 4.69) is 53.8 Å². The van der Waals surface area contributed by atoms with Gasteiger partial charge < -0.3 is 5.32 Å². The second kappa shape index (κ2) is 7.58. The van der Waals surface area contributed by atoms with Crippen LogP contribution in [0.2, 0.25) is 5.02 Å². The third kappa shape index (κ3) is 3.57. The lowest BCUT2D eigenvalue weighted by molar-refractivity contribution is -0.384. The van der Waals surface area contributed by atoms with E-state index in [0.717, 1.165) is 22.3 Å². The number of anilines is 1. The largest absolute Gasteiger partial charge is 0.326 e. The Balaban J connectivity index is 1.66. The SMILES string of the molecule is Cc1ccc(C2(c3ccc(C)cc3)CC2C(=O)Nc2ccc(Cl)c([N+](=O)[O-])c2)cc1. The van der Waals surface area contributed by atoms with E-state index in [-0.39, 0.29) is 22.5 Å². The first-order chi connectivity index (χ1) is 14.3. The van der Waals surface area contributed by atoms with Crippen LogP contribution in [0.15, 0.2) is 66.7 Å². The first kappa shape index (κ1) is 20.1. The van der Waals surface area contributed by atoms with E-state index in [1.54, 1.807) is 6.07 Å². The summed E-state index contributed by atoms with van der Waals surface area (Å²) in [4.78, 5) is 23.7. The zero-order chi connectivity index (χ0) is 21.5. The lowest BCUT2D eigenvalue weighted by Gasteiger charge is -2.19. The number of nitro groups is 1. The van der Waals surface area contributed by atoms with Gasteiger partial charge in [0.1, 0.15) is 5.02 Å². The molecule has 1 N–H and O–H groups in total. The highest BCUT2D eigenvalue weighted by atomic mass is 35.5. The number of amides is 1. The minimum atomic E-state index is -0.558. The fourth-order valence-electron chi connectivity index (χ4n) is 4.05. The number of carbonyl (C=O) groups excluding carboxylic acids is 1. The predicted octanol–water partition coefficient (Wildman–Crippen LogP) is 5.81. The lowest BCUT2D eigenvalue weighted by Crippen LogP contribution is -2.22. The summed E-state index contributed by atoms with van der Waals surface area (Å²) in [6.07, 6.45) is 0.681. The molecule has 1 fully saturated rings. The fourth-order valence-corrected chi connectivity index (χ4v) is 4.23. The molecule has 0 aliphatic heterocycles. The molecule has 0 bridgehead atoms. The van der Waals surface area contributed by atoms with Crippen molar-refractivity contribution in [3.8, 4) is 0 Å². The van der Waals surface area contributed by atoms with Crippen LogP contribution < -0.4 is 5.32 Å². The number of halogens is 1. The quantitative estimate of drug-likeness (QED) is 0.418. The normalized spacial score (nSPS) is 16.7. The van der Waals surface area contributed by atoms with Crippen LogP contribution in [0.3, 0.4) is 0 Å². The van der Waals surface area contributed by atoms with Gasteiger partial charge in [0.15, 0.2) is 0 Å². The average Bonchev–Trinajstić information content (AvgIpc) is 3.47. The number of hydrogen-bond donors (Lipinski definition) is 1. The van der Waals surface area contributed by atoms with Gasteiger partial charge in [-0.2, -0.15) is 0 Å². The van der Waals surface area contributed by atoms with Gasteiger partial charge in [-0.3, -0.25) is 14.9 Å². The second-order valence-electron chi connectivity index (χ2n) is 7.87. The van der Waals surface area contributed by atoms with Gasteiger partial charge in [-0.1, -0.05) is 71.3 Å². The Hall–Kier alpha value is -3.18. The van der Waals surface area contributed by atoms with Crippen LogP contribution in [-0.4, -0.2) is 10.8 Å². The van der Waals surface area contributed by atoms with Gasteiger partial charge >= 0.3 is 0 Å². The Labute approximate surface area is 179 Å². The number of rotatable bonds is 5. The molecule has 0 saturated heterocycles. The maximum absolute atomic E-state index is 13.1. The van der Waals surface area contributed by atoms with Gasteiger partial charge in [-0.15, -0.1) is 0 Å². The average molecular weight is 421 g/mol. The van der Waals surface area contributed by atoms with Gasteiger partial charge in [0.25, 0.3) is 5.69 Å². The summed E-state index contributed by atoms with van der Waals surface area (Å²) < 4.78 is 0. The van der Waals surface area contributed by atoms with Crippen molar-refractivity contribution in [2.45, 2.75) is 25.7 Å². The van der Waals surface area contributed by atoms with Crippen LogP contribution >= 0.6 is 11.6 Å². The zero-order valence-corrected chi connectivity index (χ0v) is 17.4. The van der Waals surface area contributed by atoms with Gasteiger partial charge in [0.2, 0.25) is 5.91 Å². The van der Waals surface area contributed by atoms with Crippen molar-refractivity contribution in [3.05, 3.63) is 104 Å². The molecule has 1 aliphatic rings. The molecule has 0 heterocycles. The number of benzene rings is 3. The molecule has 30 heavy (non-hydrogen) atoms. The Kier molecular flexibility index (Phi) is 5.08. The first-order valence-corrected chi connectivity index (χ1v) is 10.1. The molecule has 1 saturated carbocycles. The van der Waals surface area contributed by atoms with E-state index >= 15 is 0 Å². The van der Waals surface area contributed by atoms with Gasteiger partial charge in [0.05, 0.1) is 10.8 Å². The van der Waals surface area contributed by atoms with E-state index in [4.69, 9.17) is 11.6 Å². The summed E-state index contributed by atoms with van der Waals surface area (Å²) in [7, 11) is 0. The van der Waals surface area contributed by atoms with Gasteiger partial charge in [0, 0.05) is 17.2 Å². The van der Waals surface area contributed by atoms with E-state index < -0.39 is 10.3 Å². The monoisotopic (exact) mass is 420 g/mol. The molecule has 3 aromatic rings. The molecule has 6 heteroatoms. The minimum Gasteiger partial charge on any atom is -0.326 e. The fraction of sp³-hybridized carbons (Fsp3) is 0.208. The molecule has 0 radical (unpaired) electrons. The smallest absolute Gasteiger partial charge is 0.289 e. The topological polar surface area (TPSA) is 72.2 Å². The summed E-state index contributed by atoms with van der Waals surface area (Å²) in [5.74, 6) is -0.426. The molecule has 4 rings (SSSR count). The van der Waals surface area contributed by atoms with Crippen molar-refractivity contribution in [1.82, 2.24) is 0 Å². The van der Waals surface area contributed by atoms with Gasteiger partial charge in [-0.05, 0) is 43.5 Å². The van der Waals surface area contributed by atoms with E-state index in [0.29, 0.717) is 12.1 Å². The summed E-state index contributed by atoms with van der Waals surface area (Å²) in [6.45, 7) is 4.07. The van der Waals surface area contributed by atoms with Crippen LogP contribution in [0.1, 0.15) is 28.7 Å².